The van der Waals surface area contributed by atoms with Gasteiger partial charge in [0.05, 0.1) is 4.70 Å². The molecular formula is C15H9NOS. The van der Waals surface area contributed by atoms with Crippen molar-refractivity contribution in [1.29, 1.82) is 0 Å². The molecule has 0 radical (unpaired) electrons. The van der Waals surface area contributed by atoms with Crippen molar-refractivity contribution in [2.24, 2.45) is 0 Å². The van der Waals surface area contributed by atoms with E-state index in [1.54, 1.807) is 11.5 Å². The van der Waals surface area contributed by atoms with Gasteiger partial charge in [0, 0.05) is 11.6 Å². The molecule has 2 nitrogen and oxygen atoms in total. The molecule has 0 saturated carbocycles. The van der Waals surface area contributed by atoms with Gasteiger partial charge in [-0.2, -0.15) is 0 Å². The van der Waals surface area contributed by atoms with Crippen molar-refractivity contribution < 1.29 is 0 Å². The molecule has 0 saturated heterocycles. The van der Waals surface area contributed by atoms with Gasteiger partial charge in [-0.3, -0.25) is 8.58 Å². The molecule has 0 atom stereocenters. The van der Waals surface area contributed by atoms with Crippen LogP contribution in [0.2, 0.25) is 0 Å². The van der Waals surface area contributed by atoms with Crippen LogP contribution in [0.4, 0.5) is 0 Å². The van der Waals surface area contributed by atoms with Crippen molar-refractivity contribution in [2.75, 3.05) is 0 Å². The summed E-state index contributed by atoms with van der Waals surface area (Å²) in [6.45, 7) is 0. The van der Waals surface area contributed by atoms with Crippen molar-refractivity contribution in [3.8, 4) is 0 Å². The summed E-state index contributed by atoms with van der Waals surface area (Å²) in [6, 6.07) is 16.0. The van der Waals surface area contributed by atoms with E-state index in [1.807, 2.05) is 46.4 Å². The topological polar surface area (TPSA) is 21.5 Å². The van der Waals surface area contributed by atoms with Crippen molar-refractivity contribution >= 4 is 37.9 Å². The van der Waals surface area contributed by atoms with Gasteiger partial charge >= 0.3 is 0 Å². The first-order valence-electron chi connectivity index (χ1n) is 5.76. The Morgan fingerprint density at radius 3 is 2.56 bits per heavy atom. The standard InChI is InChI=1S/C15H9NOS/c17-15-12-8-10-4-1-2-5-11(10)9-14(12)18-16-7-3-6-13(15)16/h1-9H. The zero-order valence-corrected chi connectivity index (χ0v) is 10.3. The molecule has 4 aromatic rings. The average Bonchev–Trinajstić information content (AvgIpc) is 2.86. The van der Waals surface area contributed by atoms with Crippen LogP contribution < -0.4 is 5.43 Å². The second-order valence-electron chi connectivity index (χ2n) is 4.34. The molecule has 0 aliphatic rings. The molecule has 18 heavy (non-hydrogen) atoms. The lowest BCUT2D eigenvalue weighted by molar-refractivity contribution is 1.37. The minimum atomic E-state index is 0.111. The Kier molecular flexibility index (Phi) is 1.88. The van der Waals surface area contributed by atoms with E-state index < -0.39 is 0 Å². The molecule has 0 spiro atoms. The van der Waals surface area contributed by atoms with E-state index in [2.05, 4.69) is 12.1 Å². The van der Waals surface area contributed by atoms with Gasteiger partial charge in [-0.1, -0.05) is 35.8 Å². The van der Waals surface area contributed by atoms with Crippen LogP contribution in [0, 0.1) is 0 Å². The first-order chi connectivity index (χ1) is 8.83. The van der Waals surface area contributed by atoms with Gasteiger partial charge < -0.3 is 0 Å². The molecule has 4 rings (SSSR count). The summed E-state index contributed by atoms with van der Waals surface area (Å²) < 4.78 is 2.96. The maximum absolute atomic E-state index is 12.4. The van der Waals surface area contributed by atoms with E-state index in [-0.39, 0.29) is 5.43 Å². The van der Waals surface area contributed by atoms with Gasteiger partial charge in [-0.25, -0.2) is 0 Å². The number of aromatic nitrogens is 1. The lowest BCUT2D eigenvalue weighted by atomic mass is 10.1. The number of benzene rings is 2. The molecule has 0 N–H and O–H groups in total. The monoisotopic (exact) mass is 251 g/mol. The molecule has 2 aromatic carbocycles. The van der Waals surface area contributed by atoms with E-state index in [9.17, 15) is 4.79 Å². The SMILES string of the molecule is O=c1c2cc3ccccc3cc2sn2cccc12. The van der Waals surface area contributed by atoms with Crippen molar-refractivity contribution in [1.82, 2.24) is 3.79 Å². The molecular weight excluding hydrogens is 242 g/mol. The fraction of sp³-hybridized carbons (Fsp3) is 0. The van der Waals surface area contributed by atoms with Gasteiger partial charge in [0.1, 0.15) is 5.52 Å². The van der Waals surface area contributed by atoms with Crippen LogP contribution in [-0.2, 0) is 0 Å². The normalized spacial score (nSPS) is 11.6. The number of nitrogens with zero attached hydrogens (tertiary/aromatic N) is 1. The fourth-order valence-electron chi connectivity index (χ4n) is 2.34. The van der Waals surface area contributed by atoms with Crippen LogP contribution in [0.5, 0.6) is 0 Å². The molecule has 2 heterocycles. The van der Waals surface area contributed by atoms with Crippen LogP contribution in [-0.4, -0.2) is 3.79 Å². The summed E-state index contributed by atoms with van der Waals surface area (Å²) in [7, 11) is 0. The highest BCUT2D eigenvalue weighted by Crippen LogP contribution is 2.24. The van der Waals surface area contributed by atoms with Crippen LogP contribution in [0.1, 0.15) is 0 Å². The van der Waals surface area contributed by atoms with Gasteiger partial charge in [-0.05, 0) is 35.0 Å². The maximum Gasteiger partial charge on any atom is 0.212 e. The Morgan fingerprint density at radius 1 is 0.944 bits per heavy atom. The minimum Gasteiger partial charge on any atom is -0.287 e. The van der Waals surface area contributed by atoms with E-state index >= 15 is 0 Å². The number of hydrogen-bond acceptors (Lipinski definition) is 2. The van der Waals surface area contributed by atoms with Crippen LogP contribution in [0.3, 0.4) is 0 Å². The van der Waals surface area contributed by atoms with Crippen LogP contribution in [0.25, 0.3) is 26.4 Å². The van der Waals surface area contributed by atoms with Crippen LogP contribution >= 0.6 is 11.5 Å². The Labute approximate surface area is 107 Å². The molecule has 0 bridgehead atoms. The third kappa shape index (κ3) is 1.25. The fourth-order valence-corrected chi connectivity index (χ4v) is 3.35. The summed E-state index contributed by atoms with van der Waals surface area (Å²) in [5, 5.41) is 3.10. The molecule has 0 aliphatic carbocycles. The van der Waals surface area contributed by atoms with Crippen molar-refractivity contribution in [2.45, 2.75) is 0 Å². The molecule has 86 valence electrons. The molecule has 3 heteroatoms. The summed E-state index contributed by atoms with van der Waals surface area (Å²) in [4.78, 5) is 12.4. The van der Waals surface area contributed by atoms with Gasteiger partial charge in [-0.15, -0.1) is 0 Å². The molecule has 0 amide bonds. The third-order valence-electron chi connectivity index (χ3n) is 3.23. The highest BCUT2D eigenvalue weighted by atomic mass is 32.1. The van der Waals surface area contributed by atoms with Crippen molar-refractivity contribution in [3.05, 3.63) is 65.0 Å². The second kappa shape index (κ2) is 3.43. The summed E-state index contributed by atoms with van der Waals surface area (Å²) >= 11 is 1.60. The predicted molar refractivity (Wildman–Crippen MR) is 76.6 cm³/mol. The predicted octanol–water partition coefficient (Wildman–Crippen LogP) is 3.67. The lowest BCUT2D eigenvalue weighted by Gasteiger charge is -2.02. The molecule has 0 unspecified atom stereocenters. The molecule has 2 aromatic heterocycles. The number of fused-ring (bicyclic) bond motifs is 3. The van der Waals surface area contributed by atoms with E-state index in [4.69, 9.17) is 0 Å². The zero-order valence-electron chi connectivity index (χ0n) is 9.46. The first kappa shape index (κ1) is 9.85. The summed E-state index contributed by atoms with van der Waals surface area (Å²) in [6.07, 6.45) is 1.93. The Bertz CT molecular complexity index is 949. The molecule has 0 fully saturated rings. The Morgan fingerprint density at radius 2 is 1.72 bits per heavy atom. The largest absolute Gasteiger partial charge is 0.287 e. The van der Waals surface area contributed by atoms with Crippen molar-refractivity contribution in [3.63, 3.8) is 0 Å². The Balaban J connectivity index is 2.32. The van der Waals surface area contributed by atoms with E-state index in [1.165, 1.54) is 5.39 Å². The zero-order chi connectivity index (χ0) is 12.1. The Hall–Kier alpha value is -2.13. The summed E-state index contributed by atoms with van der Waals surface area (Å²) in [5.74, 6) is 0. The number of rotatable bonds is 0. The second-order valence-corrected chi connectivity index (χ2v) is 5.35. The van der Waals surface area contributed by atoms with Gasteiger partial charge in [0.15, 0.2) is 0 Å². The molecule has 0 aliphatic heterocycles. The number of hydrogen-bond donors (Lipinski definition) is 0. The van der Waals surface area contributed by atoms with E-state index in [0.717, 1.165) is 21.0 Å². The smallest absolute Gasteiger partial charge is 0.212 e. The maximum atomic E-state index is 12.4. The lowest BCUT2D eigenvalue weighted by Crippen LogP contribution is -2.03. The van der Waals surface area contributed by atoms with Gasteiger partial charge in [0.2, 0.25) is 5.43 Å². The van der Waals surface area contributed by atoms with Gasteiger partial charge in [0.25, 0.3) is 0 Å². The van der Waals surface area contributed by atoms with E-state index in [0.29, 0.717) is 0 Å². The minimum absolute atomic E-state index is 0.111. The first-order valence-corrected chi connectivity index (χ1v) is 6.53. The third-order valence-corrected chi connectivity index (χ3v) is 4.28. The summed E-state index contributed by atoms with van der Waals surface area (Å²) in [5.41, 5.74) is 0.863. The average molecular weight is 251 g/mol. The van der Waals surface area contributed by atoms with Crippen LogP contribution in [0.15, 0.2) is 59.5 Å². The quantitative estimate of drug-likeness (QED) is 0.437. The highest BCUT2D eigenvalue weighted by Gasteiger charge is 2.06. The highest BCUT2D eigenvalue weighted by molar-refractivity contribution is 7.13.